The summed E-state index contributed by atoms with van der Waals surface area (Å²) in [6.45, 7) is 6.25. The van der Waals surface area contributed by atoms with E-state index in [1.165, 1.54) is 11.3 Å². The monoisotopic (exact) mass is 419 g/mol. The van der Waals surface area contributed by atoms with Gasteiger partial charge in [0.15, 0.2) is 6.10 Å². The Balaban J connectivity index is 1.56. The molecule has 1 atom stereocenters. The molecule has 3 aromatic rings. The first-order chi connectivity index (χ1) is 13.4. The molecule has 0 spiro atoms. The van der Waals surface area contributed by atoms with Crippen molar-refractivity contribution in [3.63, 3.8) is 0 Å². The summed E-state index contributed by atoms with van der Waals surface area (Å²) in [6.07, 6.45) is 0.163. The summed E-state index contributed by atoms with van der Waals surface area (Å²) in [5.74, 6) is 1.32. The fourth-order valence-corrected chi connectivity index (χ4v) is 3.48. The zero-order valence-electron chi connectivity index (χ0n) is 16.0. The third-order valence-corrected chi connectivity index (χ3v) is 5.08. The molecular weight excluding hydrogens is 398 g/mol. The van der Waals surface area contributed by atoms with Gasteiger partial charge in [0.2, 0.25) is 0 Å². The molecule has 0 saturated carbocycles. The lowest BCUT2D eigenvalue weighted by Gasteiger charge is -2.14. The predicted octanol–water partition coefficient (Wildman–Crippen LogP) is 6.10. The van der Waals surface area contributed by atoms with Crippen molar-refractivity contribution in [2.45, 2.75) is 33.3 Å². The number of aromatic nitrogens is 1. The average molecular weight is 420 g/mol. The Morgan fingerprint density at radius 1 is 1.11 bits per heavy atom. The van der Waals surface area contributed by atoms with Crippen LogP contribution >= 0.6 is 22.9 Å². The van der Waals surface area contributed by atoms with E-state index in [4.69, 9.17) is 25.8 Å². The van der Waals surface area contributed by atoms with E-state index < -0.39 is 6.10 Å². The Kier molecular flexibility index (Phi) is 6.75. The second-order valence-corrected chi connectivity index (χ2v) is 8.21. The molecule has 1 heterocycles. The quantitative estimate of drug-likeness (QED) is 0.413. The van der Waals surface area contributed by atoms with Crippen LogP contribution in [0.5, 0.6) is 16.7 Å². The summed E-state index contributed by atoms with van der Waals surface area (Å²) in [4.78, 5) is 16.4. The lowest BCUT2D eigenvalue weighted by atomic mass is 10.1. The van der Waals surface area contributed by atoms with Crippen LogP contribution in [0.1, 0.15) is 27.2 Å². The van der Waals surface area contributed by atoms with Gasteiger partial charge in [-0.2, -0.15) is 0 Å². The smallest absolute Gasteiger partial charge is 0.347 e. The Morgan fingerprint density at radius 2 is 1.82 bits per heavy atom. The van der Waals surface area contributed by atoms with Crippen molar-refractivity contribution >= 4 is 39.1 Å². The Labute approximate surface area is 173 Å². The highest BCUT2D eigenvalue weighted by atomic mass is 35.5. The summed E-state index contributed by atoms with van der Waals surface area (Å²) < 4.78 is 17.6. The number of fused-ring (bicyclic) bond motifs is 1. The van der Waals surface area contributed by atoms with E-state index in [0.717, 1.165) is 16.6 Å². The highest BCUT2D eigenvalue weighted by Gasteiger charge is 2.16. The van der Waals surface area contributed by atoms with Gasteiger partial charge in [-0.05, 0) is 61.7 Å². The van der Waals surface area contributed by atoms with E-state index in [0.29, 0.717) is 34.2 Å². The lowest BCUT2D eigenvalue weighted by Crippen LogP contribution is -2.26. The number of benzene rings is 2. The number of carbonyl (C=O) groups is 1. The van der Waals surface area contributed by atoms with Crippen LogP contribution in [0.2, 0.25) is 5.02 Å². The molecule has 0 unspecified atom stereocenters. The lowest BCUT2D eigenvalue weighted by molar-refractivity contribution is -0.151. The maximum Gasteiger partial charge on any atom is 0.347 e. The number of esters is 1. The summed E-state index contributed by atoms with van der Waals surface area (Å²) in [7, 11) is 0. The molecule has 0 aliphatic rings. The molecule has 28 heavy (non-hydrogen) atoms. The number of ether oxygens (including phenoxy) is 3. The summed E-state index contributed by atoms with van der Waals surface area (Å²) in [5, 5.41) is 1.20. The Bertz CT molecular complexity index is 939. The minimum absolute atomic E-state index is 0.367. The maximum atomic E-state index is 12.0. The van der Waals surface area contributed by atoms with Gasteiger partial charge in [0.1, 0.15) is 11.5 Å². The van der Waals surface area contributed by atoms with Gasteiger partial charge >= 0.3 is 5.97 Å². The second-order valence-electron chi connectivity index (χ2n) is 6.78. The summed E-state index contributed by atoms with van der Waals surface area (Å²) in [6, 6.07) is 12.6. The van der Waals surface area contributed by atoms with Crippen LogP contribution in [0.25, 0.3) is 10.2 Å². The number of thiazole rings is 1. The van der Waals surface area contributed by atoms with Crippen LogP contribution in [-0.2, 0) is 9.53 Å². The first kappa shape index (κ1) is 20.4. The second kappa shape index (κ2) is 9.26. The largest absolute Gasteiger partial charge is 0.479 e. The average Bonchev–Trinajstić information content (AvgIpc) is 3.04. The number of nitrogens with zero attached hydrogens (tertiary/aromatic N) is 1. The van der Waals surface area contributed by atoms with Gasteiger partial charge in [-0.15, -0.1) is 0 Å². The molecule has 0 saturated heterocycles. The van der Waals surface area contributed by atoms with E-state index in [1.54, 1.807) is 37.3 Å². The summed E-state index contributed by atoms with van der Waals surface area (Å²) in [5.41, 5.74) is 0.842. The molecular formula is C21H22ClNO4S. The number of rotatable bonds is 8. The van der Waals surface area contributed by atoms with E-state index in [9.17, 15) is 4.79 Å². The first-order valence-electron chi connectivity index (χ1n) is 9.08. The molecule has 1 aromatic heterocycles. The Morgan fingerprint density at radius 3 is 2.54 bits per heavy atom. The van der Waals surface area contributed by atoms with Crippen LogP contribution in [0.4, 0.5) is 0 Å². The van der Waals surface area contributed by atoms with Crippen LogP contribution in [0.3, 0.4) is 0 Å². The topological polar surface area (TPSA) is 57.7 Å². The van der Waals surface area contributed by atoms with Crippen LogP contribution in [-0.4, -0.2) is 23.7 Å². The van der Waals surface area contributed by atoms with Crippen molar-refractivity contribution in [3.05, 3.63) is 47.5 Å². The van der Waals surface area contributed by atoms with Crippen LogP contribution in [0, 0.1) is 5.92 Å². The molecule has 0 aliphatic heterocycles. The van der Waals surface area contributed by atoms with Gasteiger partial charge in [-0.1, -0.05) is 36.8 Å². The molecule has 0 N–H and O–H groups in total. The zero-order valence-corrected chi connectivity index (χ0v) is 17.5. The van der Waals surface area contributed by atoms with Crippen molar-refractivity contribution in [3.8, 4) is 16.7 Å². The minimum atomic E-state index is -0.673. The van der Waals surface area contributed by atoms with Crippen LogP contribution < -0.4 is 9.47 Å². The number of carbonyl (C=O) groups excluding carboxylic acids is 1. The standard InChI is InChI=1S/C21H22ClNO4S/c1-13(2)10-11-25-20(24)14(3)26-16-5-7-17(8-6-16)27-21-23-18-9-4-15(22)12-19(18)28-21/h4-9,12-14H,10-11H2,1-3H3/t14-/m1/s1. The SMILES string of the molecule is CC(C)CCOC(=O)[C@@H](C)Oc1ccc(Oc2nc3ccc(Cl)cc3s2)cc1. The maximum absolute atomic E-state index is 12.0. The zero-order chi connectivity index (χ0) is 20.1. The van der Waals surface area contributed by atoms with Crippen molar-refractivity contribution in [1.82, 2.24) is 4.98 Å². The molecule has 0 amide bonds. The molecule has 148 valence electrons. The predicted molar refractivity (Wildman–Crippen MR) is 112 cm³/mol. The molecule has 2 aromatic carbocycles. The van der Waals surface area contributed by atoms with E-state index in [2.05, 4.69) is 18.8 Å². The molecule has 0 fully saturated rings. The van der Waals surface area contributed by atoms with Crippen molar-refractivity contribution < 1.29 is 19.0 Å². The molecule has 7 heteroatoms. The van der Waals surface area contributed by atoms with Gasteiger partial charge in [-0.25, -0.2) is 9.78 Å². The number of hydrogen-bond acceptors (Lipinski definition) is 6. The third-order valence-electron chi connectivity index (χ3n) is 3.94. The third kappa shape index (κ3) is 5.59. The normalized spacial score (nSPS) is 12.2. The van der Waals surface area contributed by atoms with Crippen molar-refractivity contribution in [2.75, 3.05) is 6.61 Å². The van der Waals surface area contributed by atoms with E-state index in [-0.39, 0.29) is 5.97 Å². The van der Waals surface area contributed by atoms with Gasteiger partial charge in [0, 0.05) is 5.02 Å². The molecule has 0 bridgehead atoms. The fourth-order valence-electron chi connectivity index (χ4n) is 2.37. The number of halogens is 1. The number of hydrogen-bond donors (Lipinski definition) is 0. The highest BCUT2D eigenvalue weighted by molar-refractivity contribution is 7.20. The fraction of sp³-hybridized carbons (Fsp3) is 0.333. The van der Waals surface area contributed by atoms with Crippen LogP contribution in [0.15, 0.2) is 42.5 Å². The summed E-state index contributed by atoms with van der Waals surface area (Å²) >= 11 is 7.43. The van der Waals surface area contributed by atoms with E-state index in [1.807, 2.05) is 12.1 Å². The van der Waals surface area contributed by atoms with Gasteiger partial charge in [0.25, 0.3) is 5.19 Å². The van der Waals surface area contributed by atoms with Gasteiger partial charge in [0.05, 0.1) is 16.8 Å². The van der Waals surface area contributed by atoms with Crippen molar-refractivity contribution in [1.29, 1.82) is 0 Å². The molecule has 0 radical (unpaired) electrons. The molecule has 3 rings (SSSR count). The first-order valence-corrected chi connectivity index (χ1v) is 10.3. The van der Waals surface area contributed by atoms with E-state index >= 15 is 0 Å². The van der Waals surface area contributed by atoms with Gasteiger partial charge < -0.3 is 14.2 Å². The molecule has 5 nitrogen and oxygen atoms in total. The molecule has 0 aliphatic carbocycles. The Hall–Kier alpha value is -2.31. The van der Waals surface area contributed by atoms with Gasteiger partial charge in [-0.3, -0.25) is 0 Å². The highest BCUT2D eigenvalue weighted by Crippen LogP contribution is 2.33. The van der Waals surface area contributed by atoms with Crippen molar-refractivity contribution in [2.24, 2.45) is 5.92 Å². The minimum Gasteiger partial charge on any atom is -0.479 e.